The topological polar surface area (TPSA) is 96.9 Å². The number of carbonyl (C=O) groups excluding carboxylic acids is 2. The van der Waals surface area contributed by atoms with Crippen molar-refractivity contribution in [3.8, 4) is 0 Å². The fourth-order valence-corrected chi connectivity index (χ4v) is 4.73. The third kappa shape index (κ3) is 6.08. The number of anilines is 1. The zero-order valence-corrected chi connectivity index (χ0v) is 22.4. The Kier molecular flexibility index (Phi) is 8.40. The Hall–Kier alpha value is -3.50. The number of methoxy groups -OCH3 is 1. The van der Waals surface area contributed by atoms with Gasteiger partial charge >= 0.3 is 0 Å². The quantitative estimate of drug-likeness (QED) is 0.523. The molecule has 1 aliphatic rings. The lowest BCUT2D eigenvalue weighted by Crippen LogP contribution is -2.38. The van der Waals surface area contributed by atoms with Crippen LogP contribution in [0.15, 0.2) is 34.9 Å². The summed E-state index contributed by atoms with van der Waals surface area (Å²) >= 11 is 0. The molecule has 10 heteroatoms. The first-order valence-corrected chi connectivity index (χ1v) is 12.6. The number of hydrogen-bond acceptors (Lipinski definition) is 7. The molecule has 0 radical (unpaired) electrons. The smallest absolute Gasteiger partial charge is 0.276 e. The summed E-state index contributed by atoms with van der Waals surface area (Å²) in [6, 6.07) is 9.75. The number of carbonyl (C=O) groups is 2. The summed E-state index contributed by atoms with van der Waals surface area (Å²) in [7, 11) is 3.55. The van der Waals surface area contributed by atoms with E-state index in [2.05, 4.69) is 15.2 Å². The zero-order chi connectivity index (χ0) is 26.5. The first-order valence-electron chi connectivity index (χ1n) is 12.6. The third-order valence-electron chi connectivity index (χ3n) is 6.77. The molecule has 0 N–H and O–H groups in total. The summed E-state index contributed by atoms with van der Waals surface area (Å²) in [6.45, 7) is 9.08. The van der Waals surface area contributed by atoms with E-state index in [1.54, 1.807) is 9.80 Å². The largest absolute Gasteiger partial charge is 0.375 e. The monoisotopic (exact) mass is 508 g/mol. The van der Waals surface area contributed by atoms with Crippen LogP contribution < -0.4 is 4.90 Å². The van der Waals surface area contributed by atoms with Crippen LogP contribution in [0.3, 0.4) is 0 Å². The van der Waals surface area contributed by atoms with Crippen molar-refractivity contribution >= 4 is 17.5 Å². The van der Waals surface area contributed by atoms with E-state index in [9.17, 15) is 9.59 Å². The number of amides is 2. The molecule has 0 saturated heterocycles. The Morgan fingerprint density at radius 1 is 1.08 bits per heavy atom. The van der Waals surface area contributed by atoms with Crippen LogP contribution in [-0.2, 0) is 22.6 Å². The molecular formula is C27H36N6O4. The maximum Gasteiger partial charge on any atom is 0.276 e. The van der Waals surface area contributed by atoms with E-state index in [1.807, 2.05) is 62.8 Å². The van der Waals surface area contributed by atoms with Gasteiger partial charge in [-0.25, -0.2) is 0 Å². The second kappa shape index (κ2) is 11.7. The normalized spacial score (nSPS) is 15.4. The molecule has 10 nitrogen and oxygen atoms in total. The number of rotatable bonds is 5. The van der Waals surface area contributed by atoms with Gasteiger partial charge in [-0.1, -0.05) is 23.4 Å². The van der Waals surface area contributed by atoms with Crippen LogP contribution >= 0.6 is 0 Å². The van der Waals surface area contributed by atoms with Crippen LogP contribution in [0.4, 0.5) is 5.69 Å². The number of ether oxygens (including phenoxy) is 1. The summed E-state index contributed by atoms with van der Waals surface area (Å²) in [6.07, 6.45) is 0.809. The second-order valence-electron chi connectivity index (χ2n) is 9.64. The fraction of sp³-hybridized carbons (Fsp3) is 0.481. The summed E-state index contributed by atoms with van der Waals surface area (Å²) in [5, 5.41) is 8.73. The van der Waals surface area contributed by atoms with Crippen LogP contribution in [0.25, 0.3) is 0 Å². The van der Waals surface area contributed by atoms with Crippen LogP contribution in [0.5, 0.6) is 0 Å². The van der Waals surface area contributed by atoms with Gasteiger partial charge < -0.3 is 24.0 Å². The Morgan fingerprint density at radius 2 is 1.86 bits per heavy atom. The van der Waals surface area contributed by atoms with E-state index in [1.165, 1.54) is 7.11 Å². The van der Waals surface area contributed by atoms with E-state index in [0.29, 0.717) is 44.2 Å². The van der Waals surface area contributed by atoms with Gasteiger partial charge in [-0.3, -0.25) is 14.3 Å². The van der Waals surface area contributed by atoms with Crippen molar-refractivity contribution in [3.63, 3.8) is 0 Å². The third-order valence-corrected chi connectivity index (χ3v) is 6.77. The molecule has 0 aliphatic carbocycles. The molecular weight excluding hydrogens is 472 g/mol. The molecule has 1 aliphatic heterocycles. The van der Waals surface area contributed by atoms with E-state index in [0.717, 1.165) is 41.2 Å². The average molecular weight is 509 g/mol. The van der Waals surface area contributed by atoms with Crippen molar-refractivity contribution in [2.24, 2.45) is 0 Å². The predicted octanol–water partition coefficient (Wildman–Crippen LogP) is 2.80. The minimum absolute atomic E-state index is 0.000708. The SMILES string of the molecule is COCC(=O)N1CCCN(C)CCN(C(=O)c2noc(C)c2Cn2nc(C)cc2C)Cc2ccccc21. The van der Waals surface area contributed by atoms with Crippen LogP contribution in [0.1, 0.15) is 45.2 Å². The zero-order valence-electron chi connectivity index (χ0n) is 22.4. The second-order valence-corrected chi connectivity index (χ2v) is 9.64. The maximum atomic E-state index is 14.0. The van der Waals surface area contributed by atoms with Crippen molar-refractivity contribution in [2.75, 3.05) is 51.8 Å². The summed E-state index contributed by atoms with van der Waals surface area (Å²) in [5.74, 6) is 0.294. The number of para-hydroxylation sites is 1. The van der Waals surface area contributed by atoms with Gasteiger partial charge in [-0.05, 0) is 58.5 Å². The van der Waals surface area contributed by atoms with E-state index in [4.69, 9.17) is 9.26 Å². The Labute approximate surface area is 217 Å². The van der Waals surface area contributed by atoms with E-state index >= 15 is 0 Å². The molecule has 3 aromatic rings. The van der Waals surface area contributed by atoms with Gasteiger partial charge in [0.15, 0.2) is 5.69 Å². The number of nitrogens with zero attached hydrogens (tertiary/aromatic N) is 6. The van der Waals surface area contributed by atoms with Crippen LogP contribution in [0.2, 0.25) is 0 Å². The van der Waals surface area contributed by atoms with Crippen molar-refractivity contribution in [3.05, 3.63) is 64.3 Å². The molecule has 2 aromatic heterocycles. The molecule has 0 spiro atoms. The van der Waals surface area contributed by atoms with Gasteiger partial charge in [0.2, 0.25) is 0 Å². The molecule has 4 rings (SSSR count). The van der Waals surface area contributed by atoms with Crippen molar-refractivity contribution in [1.29, 1.82) is 0 Å². The molecule has 198 valence electrons. The highest BCUT2D eigenvalue weighted by Crippen LogP contribution is 2.25. The van der Waals surface area contributed by atoms with Gasteiger partial charge in [0.1, 0.15) is 12.4 Å². The molecule has 3 heterocycles. The lowest BCUT2D eigenvalue weighted by molar-refractivity contribution is -0.122. The molecule has 0 unspecified atom stereocenters. The standard InChI is InChI=1S/C27H36N6O4/c1-19-15-20(2)33(28-19)17-23-21(3)37-29-26(23)27(35)31-14-13-30(4)11-8-12-32(25(34)18-36-5)24-10-7-6-9-22(24)16-31/h6-7,9-10,15H,8,11-14,16-18H2,1-5H3. The highest BCUT2D eigenvalue weighted by molar-refractivity contribution is 5.96. The van der Waals surface area contributed by atoms with Crippen LogP contribution in [-0.4, -0.2) is 83.5 Å². The highest BCUT2D eigenvalue weighted by atomic mass is 16.5. The van der Waals surface area contributed by atoms with E-state index < -0.39 is 0 Å². The molecule has 37 heavy (non-hydrogen) atoms. The Balaban J connectivity index is 1.68. The van der Waals surface area contributed by atoms with Gasteiger partial charge in [-0.2, -0.15) is 5.10 Å². The van der Waals surface area contributed by atoms with Gasteiger partial charge in [0.25, 0.3) is 11.8 Å². The number of aryl methyl sites for hydroxylation is 3. The van der Waals surface area contributed by atoms with Crippen molar-refractivity contribution in [1.82, 2.24) is 24.7 Å². The predicted molar refractivity (Wildman–Crippen MR) is 140 cm³/mol. The number of benzene rings is 1. The highest BCUT2D eigenvalue weighted by Gasteiger charge is 2.28. The van der Waals surface area contributed by atoms with Crippen LogP contribution in [0, 0.1) is 20.8 Å². The van der Waals surface area contributed by atoms with Gasteiger partial charge in [0, 0.05) is 50.2 Å². The lowest BCUT2D eigenvalue weighted by atomic mass is 10.1. The minimum Gasteiger partial charge on any atom is -0.375 e. The summed E-state index contributed by atoms with van der Waals surface area (Å²) < 4.78 is 12.5. The molecule has 0 bridgehead atoms. The Bertz CT molecular complexity index is 1250. The number of fused-ring (bicyclic) bond motifs is 1. The average Bonchev–Trinajstić information content (AvgIpc) is 3.38. The number of aromatic nitrogens is 3. The molecule has 0 saturated carbocycles. The minimum atomic E-state index is -0.203. The van der Waals surface area contributed by atoms with Gasteiger partial charge in [-0.15, -0.1) is 0 Å². The molecule has 0 atom stereocenters. The first kappa shape index (κ1) is 26.6. The van der Waals surface area contributed by atoms with Crippen molar-refractivity contribution in [2.45, 2.75) is 40.3 Å². The molecule has 0 fully saturated rings. The summed E-state index contributed by atoms with van der Waals surface area (Å²) in [4.78, 5) is 32.7. The fourth-order valence-electron chi connectivity index (χ4n) is 4.73. The molecule has 2 amide bonds. The van der Waals surface area contributed by atoms with Gasteiger partial charge in [0.05, 0.1) is 12.2 Å². The summed E-state index contributed by atoms with van der Waals surface area (Å²) in [5.41, 5.74) is 4.63. The number of hydrogen-bond donors (Lipinski definition) is 0. The Morgan fingerprint density at radius 3 is 2.59 bits per heavy atom. The molecule has 1 aromatic carbocycles. The van der Waals surface area contributed by atoms with Crippen molar-refractivity contribution < 1.29 is 18.8 Å². The van der Waals surface area contributed by atoms with E-state index in [-0.39, 0.29) is 18.4 Å². The lowest BCUT2D eigenvalue weighted by Gasteiger charge is -2.27. The maximum absolute atomic E-state index is 14.0. The number of likely N-dealkylation sites (N-methyl/N-ethyl adjacent to an activating group) is 1. The first-order chi connectivity index (χ1) is 17.8.